The number of nitrogens with zero attached hydrogens (tertiary/aromatic N) is 2. The van der Waals surface area contributed by atoms with Crippen LogP contribution in [0, 0.1) is 0 Å². The molecule has 6 aliphatic rings. The highest BCUT2D eigenvalue weighted by Gasteiger charge is 2.57. The number of nitrogens with one attached hydrogen (secondary N) is 6. The van der Waals surface area contributed by atoms with Crippen LogP contribution in [0.1, 0.15) is 188 Å². The number of primary amides is 2. The maximum absolute atomic E-state index is 13.4. The van der Waals surface area contributed by atoms with E-state index in [2.05, 4.69) is 45.1 Å². The number of nitrogens with two attached hydrogens (primary N) is 2. The summed E-state index contributed by atoms with van der Waals surface area (Å²) in [5.74, 6) is -8.04. The molecule has 4 saturated heterocycles. The first-order valence-electron chi connectivity index (χ1n) is 36.6. The zero-order valence-corrected chi connectivity index (χ0v) is 61.3. The van der Waals surface area contributed by atoms with Crippen LogP contribution in [-0.2, 0) is 95.3 Å². The van der Waals surface area contributed by atoms with Gasteiger partial charge in [0.1, 0.15) is 48.7 Å². The van der Waals surface area contributed by atoms with Crippen molar-refractivity contribution in [3.8, 4) is 0 Å². The van der Waals surface area contributed by atoms with Crippen molar-refractivity contribution >= 4 is 53.4 Å². The number of carbonyl (C=O) groups excluding carboxylic acids is 9. The van der Waals surface area contributed by atoms with Gasteiger partial charge in [-0.25, -0.2) is 9.59 Å². The predicted octanol–water partition coefficient (Wildman–Crippen LogP) is -0.414. The highest BCUT2D eigenvalue weighted by molar-refractivity contribution is 5.96. The molecule has 0 saturated carbocycles. The number of H-pyrrole nitrogens is 2. The molecule has 2 aromatic heterocycles. The van der Waals surface area contributed by atoms with Crippen molar-refractivity contribution < 1.29 is 111 Å². The van der Waals surface area contributed by atoms with E-state index in [1.807, 2.05) is 13.8 Å². The van der Waals surface area contributed by atoms with Crippen molar-refractivity contribution in [3.63, 3.8) is 0 Å². The van der Waals surface area contributed by atoms with Crippen LogP contribution >= 0.6 is 0 Å². The lowest BCUT2D eigenvalue weighted by atomic mass is 10.0. The van der Waals surface area contributed by atoms with E-state index in [9.17, 15) is 77.6 Å². The molecule has 13 N–H and O–H groups in total. The van der Waals surface area contributed by atoms with Crippen LogP contribution in [-0.4, -0.2) is 212 Å². The molecule has 20 atom stereocenters. The third-order valence-electron chi connectivity index (χ3n) is 18.9. The molecule has 0 spiro atoms. The third kappa shape index (κ3) is 24.2. The number of amides is 6. The standard InChI is InChI=1S/C36H53N5O14.C34H51N5O13/c1-5-6-7-8-9-10-11-15-25(44)53-30-27(50-4)28(54-34(30)41-17-16-24(43)40-36(41)49)29(31(37)46)55-35-26(45)22(51-20(3)42)18-23(52-35)33(48)39-21-14-12-13-19(2)38-32(21)47;1-4-5-6-7-8-9-10-14-23(42)50-28-25(48-3)26(51-32(28)39-16-15-22(41)38-34(39)47)27(29(35)44)52-33-24(43)20(40)17-21(49-33)31(46)37-19-13-11-12-18(2)36-30(19)45/h16-19,21-22,26-30,34-35,45H,5-15H2,1-4H3,(H2,37,46)(H,38,47)(H,39,48)(H,40,43,49);15-20,24-28,32-33,40,43H,4-14H2,1-3H3,(H2,35,44)(H,36,45)(H,37,46)(H,38,41,47)/t19-,21+,22+,26+,27-,28+,29-,30-,34-,35-;18-,19+,20+,24+,25-,26+,27-,28-,32-,33-/m11/s1. The van der Waals surface area contributed by atoms with E-state index in [-0.39, 0.29) is 24.9 Å². The molecule has 2 aromatic rings. The Labute approximate surface area is 616 Å². The number of aromatic nitrogens is 4. The van der Waals surface area contributed by atoms with Crippen LogP contribution in [0.3, 0.4) is 0 Å². The zero-order chi connectivity index (χ0) is 78.2. The number of aliphatic hydroxyl groups is 3. The van der Waals surface area contributed by atoms with Crippen molar-refractivity contribution in [1.29, 1.82) is 0 Å². The van der Waals surface area contributed by atoms with Crippen LogP contribution in [0.4, 0.5) is 0 Å². The van der Waals surface area contributed by atoms with Gasteiger partial charge in [-0.2, -0.15) is 0 Å². The lowest BCUT2D eigenvalue weighted by molar-refractivity contribution is -0.243. The summed E-state index contributed by atoms with van der Waals surface area (Å²) in [6.45, 7) is 9.00. The van der Waals surface area contributed by atoms with Gasteiger partial charge in [-0.3, -0.25) is 71.8 Å². The van der Waals surface area contributed by atoms with Gasteiger partial charge in [0.05, 0.1) is 0 Å². The van der Waals surface area contributed by atoms with Gasteiger partial charge in [-0.1, -0.05) is 90.9 Å². The number of aliphatic hydroxyl groups excluding tert-OH is 3. The molecule has 107 heavy (non-hydrogen) atoms. The van der Waals surface area contributed by atoms with Gasteiger partial charge in [0.25, 0.3) is 22.9 Å². The van der Waals surface area contributed by atoms with E-state index in [0.29, 0.717) is 44.9 Å². The molecule has 0 radical (unpaired) electrons. The molecule has 8 heterocycles. The van der Waals surface area contributed by atoms with Crippen LogP contribution in [0.2, 0.25) is 0 Å². The lowest BCUT2D eigenvalue weighted by Gasteiger charge is -2.36. The summed E-state index contributed by atoms with van der Waals surface area (Å²) in [7, 11) is 2.46. The van der Waals surface area contributed by atoms with E-state index in [4.69, 9.17) is 63.6 Å². The normalized spacial score (nSPS) is 29.0. The SMILES string of the molecule is CCCCCCCCCC(=O)O[C@@H]1[C@H](OC)[C@@H]([C@@H](O[C@H]2OC(C(=O)N[C@H]3CCC[C@@H](C)NC3=O)=C[C@H](O)[C@@H]2O)C(N)=O)O[C@H]1n1ccc(=O)[nH]c1=O.CCCCCCCCCC(=O)O[C@@H]1[C@H](OC)[C@@H]([C@@H](O[C@H]2OC(C(=O)N[C@H]3CCC[C@@H](C)NC3=O)=C[C@H](OC(C)=O)[C@@H]2O)C(N)=O)O[C@H]1n1ccc(=O)[nH]c1=O. The lowest BCUT2D eigenvalue weighted by Crippen LogP contribution is -2.55. The molecule has 8 rings (SSSR count). The summed E-state index contributed by atoms with van der Waals surface area (Å²) in [6, 6.07) is 0.0910. The Bertz CT molecular complexity index is 3670. The summed E-state index contributed by atoms with van der Waals surface area (Å²) in [4.78, 5) is 170. The van der Waals surface area contributed by atoms with Gasteiger partial charge in [-0.15, -0.1) is 0 Å². The number of aromatic amines is 2. The molecule has 4 fully saturated rings. The second-order valence-electron chi connectivity index (χ2n) is 27.3. The number of methoxy groups -OCH3 is 2. The minimum absolute atomic E-state index is 0.0345. The van der Waals surface area contributed by atoms with Crippen LogP contribution in [0.15, 0.2) is 67.4 Å². The highest BCUT2D eigenvalue weighted by atomic mass is 16.7. The fourth-order valence-electron chi connectivity index (χ4n) is 13.2. The molecule has 37 nitrogen and oxygen atoms in total. The Kier molecular flexibility index (Phi) is 33.3. The van der Waals surface area contributed by atoms with E-state index in [1.165, 1.54) is 14.2 Å². The van der Waals surface area contributed by atoms with Crippen molar-refractivity contribution in [3.05, 3.63) is 89.9 Å². The molecule has 0 aliphatic carbocycles. The number of hydrogen-bond donors (Lipinski definition) is 11. The topological polar surface area (TPSA) is 526 Å². The van der Waals surface area contributed by atoms with Crippen molar-refractivity contribution in [2.24, 2.45) is 11.5 Å². The van der Waals surface area contributed by atoms with Crippen LogP contribution < -0.4 is 55.2 Å². The first kappa shape index (κ1) is 85.6. The monoisotopic (exact) mass is 1520 g/mol. The number of unbranched alkanes of at least 4 members (excludes halogenated alkanes) is 12. The van der Waals surface area contributed by atoms with Crippen molar-refractivity contribution in [1.82, 2.24) is 40.4 Å². The van der Waals surface area contributed by atoms with Gasteiger partial charge in [-0.05, 0) is 71.3 Å². The first-order valence-corrected chi connectivity index (χ1v) is 36.6. The number of carbonyl (C=O) groups is 9. The Morgan fingerprint density at radius 2 is 0.944 bits per heavy atom. The molecule has 0 unspecified atom stereocenters. The maximum Gasteiger partial charge on any atom is 0.330 e. The Hall–Kier alpha value is -8.69. The largest absolute Gasteiger partial charge is 0.456 e. The van der Waals surface area contributed by atoms with Gasteiger partial charge in [0, 0.05) is 76.7 Å². The Morgan fingerprint density at radius 1 is 0.551 bits per heavy atom. The summed E-state index contributed by atoms with van der Waals surface area (Å²) < 4.78 is 65.1. The molecular weight excluding hydrogens is 1410 g/mol. The number of esters is 3. The van der Waals surface area contributed by atoms with Gasteiger partial charge < -0.3 is 100 Å². The average Bonchev–Trinajstić information content (AvgIpc) is 1.63. The Balaban J connectivity index is 0.000000299. The Morgan fingerprint density at radius 3 is 1.33 bits per heavy atom. The average molecular weight is 1520 g/mol. The van der Waals surface area contributed by atoms with Crippen LogP contribution in [0.5, 0.6) is 0 Å². The second kappa shape index (κ2) is 41.6. The van der Waals surface area contributed by atoms with Crippen molar-refractivity contribution in [2.45, 2.75) is 298 Å². The molecule has 0 aromatic carbocycles. The van der Waals surface area contributed by atoms with Gasteiger partial charge >= 0.3 is 29.3 Å². The molecule has 6 aliphatic heterocycles. The first-order chi connectivity index (χ1) is 51.1. The summed E-state index contributed by atoms with van der Waals surface area (Å²) in [6.07, 6.45) is -4.77. The predicted molar refractivity (Wildman–Crippen MR) is 371 cm³/mol. The summed E-state index contributed by atoms with van der Waals surface area (Å²) in [5.41, 5.74) is 8.28. The van der Waals surface area contributed by atoms with Gasteiger partial charge in [0.15, 0.2) is 60.6 Å². The highest BCUT2D eigenvalue weighted by Crippen LogP contribution is 2.39. The fourth-order valence-corrected chi connectivity index (χ4v) is 13.2. The zero-order valence-electron chi connectivity index (χ0n) is 61.3. The van der Waals surface area contributed by atoms with E-state index >= 15 is 0 Å². The molecule has 6 amide bonds. The molecular formula is C70H104N10O27. The minimum Gasteiger partial charge on any atom is -0.456 e. The van der Waals surface area contributed by atoms with E-state index in [0.717, 1.165) is 136 Å². The smallest absolute Gasteiger partial charge is 0.330 e. The fraction of sp³-hybridized carbons (Fsp3) is 0.700. The minimum atomic E-state index is -1.91. The number of hydrogen-bond acceptors (Lipinski definition) is 27. The second-order valence-corrected chi connectivity index (χ2v) is 27.3. The molecule has 0 bridgehead atoms. The van der Waals surface area contributed by atoms with E-state index < -0.39 is 198 Å². The van der Waals surface area contributed by atoms with Crippen LogP contribution in [0.25, 0.3) is 0 Å². The van der Waals surface area contributed by atoms with Gasteiger partial charge in [0.2, 0.25) is 36.2 Å². The third-order valence-corrected chi connectivity index (χ3v) is 18.9. The maximum atomic E-state index is 13.4. The summed E-state index contributed by atoms with van der Waals surface area (Å²) >= 11 is 0. The number of rotatable bonds is 35. The molecule has 596 valence electrons. The number of ether oxygens (including phenoxy) is 11. The van der Waals surface area contributed by atoms with E-state index in [1.54, 1.807) is 0 Å². The quantitative estimate of drug-likeness (QED) is 0.0237. The van der Waals surface area contributed by atoms with Crippen molar-refractivity contribution in [2.75, 3.05) is 14.2 Å². The summed E-state index contributed by atoms with van der Waals surface area (Å²) in [5, 5.41) is 43.3. The molecule has 37 heteroatoms.